The lowest BCUT2D eigenvalue weighted by Crippen LogP contribution is -2.53. The Morgan fingerprint density at radius 1 is 0.943 bits per heavy atom. The van der Waals surface area contributed by atoms with E-state index in [2.05, 4.69) is 0 Å². The van der Waals surface area contributed by atoms with Crippen LogP contribution in [0.4, 0.5) is 30.2 Å². The Kier molecular flexibility index (Phi) is 5.34. The van der Waals surface area contributed by atoms with Crippen LogP contribution in [0.5, 0.6) is 5.75 Å². The second kappa shape index (κ2) is 8.15. The largest absolute Gasteiger partial charge is 0.497 e. The lowest BCUT2D eigenvalue weighted by atomic mass is 9.78. The molecule has 1 atom stereocenters. The molecule has 1 spiro atoms. The van der Waals surface area contributed by atoms with Crippen molar-refractivity contribution in [2.45, 2.75) is 31.4 Å². The van der Waals surface area contributed by atoms with E-state index < -0.39 is 29.0 Å². The molecule has 1 aliphatic carbocycles. The summed E-state index contributed by atoms with van der Waals surface area (Å²) in [7, 11) is 1.54. The zero-order valence-electron chi connectivity index (χ0n) is 19.2. The van der Waals surface area contributed by atoms with Crippen LogP contribution >= 0.6 is 0 Å². The molecule has 0 N–H and O–H groups in total. The van der Waals surface area contributed by atoms with Crippen LogP contribution in [-0.4, -0.2) is 25.5 Å². The molecule has 5 nitrogen and oxygen atoms in total. The Hall–Kier alpha value is -3.81. The van der Waals surface area contributed by atoms with Gasteiger partial charge >= 0.3 is 6.18 Å². The Morgan fingerprint density at radius 3 is 2.34 bits per heavy atom. The van der Waals surface area contributed by atoms with Gasteiger partial charge in [-0.25, -0.2) is 0 Å². The van der Waals surface area contributed by atoms with Crippen molar-refractivity contribution < 1.29 is 27.5 Å². The molecule has 5 rings (SSSR count). The van der Waals surface area contributed by atoms with E-state index in [-0.39, 0.29) is 24.3 Å². The second-order valence-electron chi connectivity index (χ2n) is 8.66. The maximum Gasteiger partial charge on any atom is 0.416 e. The molecule has 0 saturated carbocycles. The second-order valence-corrected chi connectivity index (χ2v) is 8.66. The molecule has 2 amide bonds. The van der Waals surface area contributed by atoms with Gasteiger partial charge in [0.05, 0.1) is 24.0 Å². The van der Waals surface area contributed by atoms with Crippen LogP contribution in [0.1, 0.15) is 30.0 Å². The normalized spacial score (nSPS) is 19.6. The summed E-state index contributed by atoms with van der Waals surface area (Å²) in [5, 5.41) is 0. The molecule has 1 unspecified atom stereocenters. The number of likely N-dealkylation sites (N-methyl/N-ethyl adjacent to an activating group) is 1. The Morgan fingerprint density at radius 2 is 1.69 bits per heavy atom. The van der Waals surface area contributed by atoms with Gasteiger partial charge in [0, 0.05) is 12.2 Å². The highest BCUT2D eigenvalue weighted by atomic mass is 19.4. The number of carbonyl (C=O) groups is 2. The molecule has 3 aromatic carbocycles. The third kappa shape index (κ3) is 3.38. The van der Waals surface area contributed by atoms with Crippen LogP contribution in [0.25, 0.3) is 0 Å². The van der Waals surface area contributed by atoms with E-state index in [0.29, 0.717) is 23.4 Å². The van der Waals surface area contributed by atoms with Crippen molar-refractivity contribution in [3.63, 3.8) is 0 Å². The zero-order chi connectivity index (χ0) is 25.0. The van der Waals surface area contributed by atoms with Crippen molar-refractivity contribution in [1.29, 1.82) is 0 Å². The Balaban J connectivity index is 1.81. The fraction of sp³-hybridized carbons (Fsp3) is 0.259. The maximum absolute atomic E-state index is 14.4. The van der Waals surface area contributed by atoms with E-state index in [9.17, 15) is 22.8 Å². The summed E-state index contributed by atoms with van der Waals surface area (Å²) in [5.41, 5.74) is -0.378. The molecule has 0 radical (unpaired) electrons. The monoisotopic (exact) mass is 480 g/mol. The first-order valence-electron chi connectivity index (χ1n) is 11.3. The average molecular weight is 480 g/mol. The van der Waals surface area contributed by atoms with Gasteiger partial charge in [0.25, 0.3) is 5.91 Å². The van der Waals surface area contributed by atoms with Crippen LogP contribution in [0.15, 0.2) is 66.7 Å². The third-order valence-electron chi connectivity index (χ3n) is 6.89. The van der Waals surface area contributed by atoms with Gasteiger partial charge < -0.3 is 9.64 Å². The Bertz CT molecular complexity index is 1320. The maximum atomic E-state index is 14.4. The summed E-state index contributed by atoms with van der Waals surface area (Å²) in [6, 6.07) is 16.9. The van der Waals surface area contributed by atoms with Gasteiger partial charge in [-0.2, -0.15) is 13.2 Å². The number of anilines is 3. The predicted octanol–water partition coefficient (Wildman–Crippen LogP) is 5.63. The van der Waals surface area contributed by atoms with Crippen LogP contribution < -0.4 is 14.5 Å². The predicted molar refractivity (Wildman–Crippen MR) is 126 cm³/mol. The van der Waals surface area contributed by atoms with Gasteiger partial charge in [0.1, 0.15) is 5.75 Å². The number of fused-ring (bicyclic) bond motifs is 3. The van der Waals surface area contributed by atoms with Crippen LogP contribution in [0, 0.1) is 0 Å². The minimum Gasteiger partial charge on any atom is -0.497 e. The molecule has 180 valence electrons. The summed E-state index contributed by atoms with van der Waals surface area (Å²) in [4.78, 5) is 31.3. The molecule has 0 fully saturated rings. The molecular formula is C27H23F3N2O3. The number of ether oxygens (including phenoxy) is 1. The molecule has 8 heteroatoms. The number of para-hydroxylation sites is 1. The smallest absolute Gasteiger partial charge is 0.416 e. The lowest BCUT2D eigenvalue weighted by molar-refractivity contribution is -0.138. The van der Waals surface area contributed by atoms with Crippen molar-refractivity contribution in [2.24, 2.45) is 0 Å². The average Bonchev–Trinajstić information content (AvgIpc) is 3.21. The van der Waals surface area contributed by atoms with E-state index in [1.165, 1.54) is 15.9 Å². The highest BCUT2D eigenvalue weighted by molar-refractivity contribution is 6.27. The quantitative estimate of drug-likeness (QED) is 0.457. The summed E-state index contributed by atoms with van der Waals surface area (Å²) < 4.78 is 46.5. The number of alkyl halides is 3. The number of hydrogen-bond acceptors (Lipinski definition) is 3. The molecule has 1 aliphatic heterocycles. The molecular weight excluding hydrogens is 457 g/mol. The topological polar surface area (TPSA) is 49.9 Å². The molecule has 2 aliphatic rings. The van der Waals surface area contributed by atoms with Gasteiger partial charge in [-0.1, -0.05) is 24.3 Å². The number of halogens is 3. The van der Waals surface area contributed by atoms with E-state index in [1.54, 1.807) is 56.5 Å². The summed E-state index contributed by atoms with van der Waals surface area (Å²) >= 11 is 0. The summed E-state index contributed by atoms with van der Waals surface area (Å²) in [5.74, 6) is -0.387. The van der Waals surface area contributed by atoms with E-state index >= 15 is 0 Å². The van der Waals surface area contributed by atoms with Crippen molar-refractivity contribution >= 4 is 28.9 Å². The molecule has 1 heterocycles. The molecule has 0 aromatic heterocycles. The van der Waals surface area contributed by atoms with Crippen molar-refractivity contribution in [1.82, 2.24) is 0 Å². The molecule has 0 saturated heterocycles. The highest BCUT2D eigenvalue weighted by Gasteiger charge is 2.57. The number of benzene rings is 3. The highest BCUT2D eigenvalue weighted by Crippen LogP contribution is 2.50. The van der Waals surface area contributed by atoms with Crippen molar-refractivity contribution in [3.05, 3.63) is 83.4 Å². The number of aryl methyl sites for hydroxylation is 1. The first-order valence-corrected chi connectivity index (χ1v) is 11.3. The van der Waals surface area contributed by atoms with Crippen LogP contribution in [-0.2, 0) is 27.6 Å². The SMILES string of the molecule is CCN1C(=O)C2(CCc3cc(OC)ccc32)C(=O)N(c2ccccc2)c2cc(C(F)(F)F)ccc21. The minimum atomic E-state index is -4.61. The van der Waals surface area contributed by atoms with Gasteiger partial charge in [0.2, 0.25) is 5.91 Å². The van der Waals surface area contributed by atoms with Gasteiger partial charge in [-0.15, -0.1) is 0 Å². The molecule has 3 aromatic rings. The standard InChI is InChI=1S/C27H23F3N2O3/c1-3-31-22-12-9-18(27(28,29)30)16-23(22)32(19-7-5-4-6-8-19)25(34)26(24(31)33)14-13-17-15-20(35-2)10-11-21(17)26/h4-12,15-16H,3,13-14H2,1-2H3. The number of hydrogen-bond donors (Lipinski definition) is 0. The number of carbonyl (C=O) groups excluding carboxylic acids is 2. The number of methoxy groups -OCH3 is 1. The first kappa shape index (κ1) is 23.0. The van der Waals surface area contributed by atoms with Gasteiger partial charge in [-0.05, 0) is 73.4 Å². The Labute approximate surface area is 200 Å². The van der Waals surface area contributed by atoms with Crippen LogP contribution in [0.2, 0.25) is 0 Å². The summed E-state index contributed by atoms with van der Waals surface area (Å²) in [6.45, 7) is 1.94. The fourth-order valence-corrected chi connectivity index (χ4v) is 5.21. The number of nitrogens with zero attached hydrogens (tertiary/aromatic N) is 2. The fourth-order valence-electron chi connectivity index (χ4n) is 5.21. The van der Waals surface area contributed by atoms with E-state index in [4.69, 9.17) is 4.74 Å². The van der Waals surface area contributed by atoms with Crippen LogP contribution in [0.3, 0.4) is 0 Å². The van der Waals surface area contributed by atoms with Gasteiger partial charge in [-0.3, -0.25) is 14.5 Å². The molecule has 35 heavy (non-hydrogen) atoms. The minimum absolute atomic E-state index is 0.0325. The van der Waals surface area contributed by atoms with Crippen molar-refractivity contribution in [3.8, 4) is 5.75 Å². The van der Waals surface area contributed by atoms with Crippen molar-refractivity contribution in [2.75, 3.05) is 23.5 Å². The molecule has 0 bridgehead atoms. The zero-order valence-corrected chi connectivity index (χ0v) is 19.2. The van der Waals surface area contributed by atoms with Gasteiger partial charge in [0.15, 0.2) is 5.41 Å². The lowest BCUT2D eigenvalue weighted by Gasteiger charge is -2.32. The summed E-state index contributed by atoms with van der Waals surface area (Å²) in [6.07, 6.45) is -3.93. The number of rotatable bonds is 3. The third-order valence-corrected chi connectivity index (χ3v) is 6.89. The number of amides is 2. The van der Waals surface area contributed by atoms with E-state index in [1.807, 2.05) is 6.07 Å². The van der Waals surface area contributed by atoms with E-state index in [0.717, 1.165) is 17.7 Å². The first-order chi connectivity index (χ1) is 16.7.